The van der Waals surface area contributed by atoms with Crippen molar-refractivity contribution in [2.24, 2.45) is 0 Å². The van der Waals surface area contributed by atoms with Crippen LogP contribution in [0.1, 0.15) is 12.7 Å². The molecule has 0 radical (unpaired) electrons. The molecular weight excluding hydrogens is 259 g/mol. The van der Waals surface area contributed by atoms with E-state index in [0.29, 0.717) is 6.61 Å². The number of rotatable bonds is 5. The highest BCUT2D eigenvalue weighted by Crippen LogP contribution is 2.17. The molecule has 0 saturated heterocycles. The lowest BCUT2D eigenvalue weighted by Crippen LogP contribution is -2.22. The fourth-order valence-corrected chi connectivity index (χ4v) is 1.20. The Morgan fingerprint density at radius 2 is 2.12 bits per heavy atom. The summed E-state index contributed by atoms with van der Waals surface area (Å²) in [6.45, 7) is 1.18. The Morgan fingerprint density at radius 3 is 2.71 bits per heavy atom. The maximum atomic E-state index is 12.0. The fraction of sp³-hybridized carbons (Fsp3) is 0.556. The molecule has 0 aromatic carbocycles. The van der Waals surface area contributed by atoms with Gasteiger partial charge in [-0.25, -0.2) is 9.97 Å². The SMILES string of the molecule is CCOCc1nc(Cl)cc(NCC(F)(F)F)n1. The van der Waals surface area contributed by atoms with Gasteiger partial charge in [0.05, 0.1) is 0 Å². The first kappa shape index (κ1) is 14.0. The zero-order valence-corrected chi connectivity index (χ0v) is 9.77. The summed E-state index contributed by atoms with van der Waals surface area (Å²) in [4.78, 5) is 7.67. The third kappa shape index (κ3) is 5.69. The van der Waals surface area contributed by atoms with E-state index in [-0.39, 0.29) is 23.4 Å². The van der Waals surface area contributed by atoms with Crippen molar-refractivity contribution in [3.05, 3.63) is 17.0 Å². The van der Waals surface area contributed by atoms with Crippen molar-refractivity contribution in [3.63, 3.8) is 0 Å². The highest BCUT2D eigenvalue weighted by Gasteiger charge is 2.26. The fourth-order valence-electron chi connectivity index (χ4n) is 1.00. The van der Waals surface area contributed by atoms with Gasteiger partial charge >= 0.3 is 6.18 Å². The molecule has 0 amide bonds. The molecule has 0 aliphatic carbocycles. The largest absolute Gasteiger partial charge is 0.405 e. The summed E-state index contributed by atoms with van der Waals surface area (Å²) in [5.74, 6) is 0.265. The molecule has 1 aromatic heterocycles. The molecule has 4 nitrogen and oxygen atoms in total. The number of halogens is 4. The van der Waals surface area contributed by atoms with Crippen molar-refractivity contribution in [1.29, 1.82) is 0 Å². The Hall–Kier alpha value is -1.08. The van der Waals surface area contributed by atoms with Crippen molar-refractivity contribution in [2.75, 3.05) is 18.5 Å². The van der Waals surface area contributed by atoms with Crippen LogP contribution in [0.5, 0.6) is 0 Å². The van der Waals surface area contributed by atoms with Crippen molar-refractivity contribution in [3.8, 4) is 0 Å². The number of ether oxygens (including phenoxy) is 1. The number of aromatic nitrogens is 2. The molecular formula is C9H11ClF3N3O. The van der Waals surface area contributed by atoms with Gasteiger partial charge in [-0.2, -0.15) is 13.2 Å². The smallest absolute Gasteiger partial charge is 0.374 e. The maximum absolute atomic E-state index is 12.0. The molecule has 8 heteroatoms. The molecule has 0 aliphatic rings. The van der Waals surface area contributed by atoms with Crippen LogP contribution in [0.2, 0.25) is 5.15 Å². The standard InChI is InChI=1S/C9H11ClF3N3O/c1-2-17-4-8-15-6(10)3-7(16-8)14-5-9(11,12)13/h3H,2,4-5H2,1H3,(H,14,15,16). The molecule has 0 saturated carbocycles. The Morgan fingerprint density at radius 1 is 1.41 bits per heavy atom. The number of nitrogens with one attached hydrogen (secondary N) is 1. The number of hydrogen-bond acceptors (Lipinski definition) is 4. The predicted octanol–water partition coefficient (Wildman–Crippen LogP) is 2.64. The second-order valence-electron chi connectivity index (χ2n) is 3.10. The molecule has 0 spiro atoms. The minimum Gasteiger partial charge on any atom is -0.374 e. The molecule has 0 unspecified atom stereocenters. The third-order valence-electron chi connectivity index (χ3n) is 1.65. The van der Waals surface area contributed by atoms with Crippen LogP contribution in [0, 0.1) is 0 Å². The topological polar surface area (TPSA) is 47.0 Å². The number of hydrogen-bond donors (Lipinski definition) is 1. The lowest BCUT2D eigenvalue weighted by atomic mass is 10.5. The van der Waals surface area contributed by atoms with Crippen molar-refractivity contribution in [2.45, 2.75) is 19.7 Å². The highest BCUT2D eigenvalue weighted by molar-refractivity contribution is 6.29. The van der Waals surface area contributed by atoms with Gasteiger partial charge in [0.15, 0.2) is 5.82 Å². The van der Waals surface area contributed by atoms with Crippen molar-refractivity contribution in [1.82, 2.24) is 9.97 Å². The van der Waals surface area contributed by atoms with Gasteiger partial charge in [-0.3, -0.25) is 0 Å². The van der Waals surface area contributed by atoms with Gasteiger partial charge in [-0.1, -0.05) is 11.6 Å². The van der Waals surface area contributed by atoms with Gasteiger partial charge in [0.25, 0.3) is 0 Å². The first-order chi connectivity index (χ1) is 7.90. The van der Waals surface area contributed by atoms with E-state index in [9.17, 15) is 13.2 Å². The molecule has 0 atom stereocenters. The molecule has 1 rings (SSSR count). The van der Waals surface area contributed by atoms with Crippen LogP contribution in [0.4, 0.5) is 19.0 Å². The average molecular weight is 270 g/mol. The second kappa shape index (κ2) is 6.02. The minimum absolute atomic E-state index is 0.0250. The quantitative estimate of drug-likeness (QED) is 0.835. The van der Waals surface area contributed by atoms with Gasteiger partial charge in [0, 0.05) is 12.7 Å². The van der Waals surface area contributed by atoms with E-state index in [4.69, 9.17) is 16.3 Å². The molecule has 0 aliphatic heterocycles. The minimum atomic E-state index is -4.31. The van der Waals surface area contributed by atoms with Crippen molar-refractivity contribution < 1.29 is 17.9 Å². The summed E-state index contributed by atoms with van der Waals surface area (Å²) in [5, 5.41) is 2.20. The monoisotopic (exact) mass is 269 g/mol. The summed E-state index contributed by atoms with van der Waals surface area (Å²) >= 11 is 5.65. The van der Waals surface area contributed by atoms with Gasteiger partial charge in [-0.15, -0.1) is 0 Å². The van der Waals surface area contributed by atoms with E-state index >= 15 is 0 Å². The first-order valence-corrected chi connectivity index (χ1v) is 5.20. The van der Waals surface area contributed by atoms with E-state index in [1.807, 2.05) is 0 Å². The zero-order chi connectivity index (χ0) is 12.9. The van der Waals surface area contributed by atoms with Crippen LogP contribution >= 0.6 is 11.6 Å². The molecule has 1 N–H and O–H groups in total. The van der Waals surface area contributed by atoms with Crippen molar-refractivity contribution >= 4 is 17.4 Å². The van der Waals surface area contributed by atoms with Crippen LogP contribution < -0.4 is 5.32 Å². The number of nitrogens with zero attached hydrogens (tertiary/aromatic N) is 2. The molecule has 96 valence electrons. The maximum Gasteiger partial charge on any atom is 0.405 e. The van der Waals surface area contributed by atoms with Gasteiger partial charge < -0.3 is 10.1 Å². The van der Waals surface area contributed by atoms with E-state index in [1.165, 1.54) is 6.07 Å². The summed E-state index contributed by atoms with van der Waals surface area (Å²) < 4.78 is 41.0. The lowest BCUT2D eigenvalue weighted by Gasteiger charge is -2.10. The molecule has 1 aromatic rings. The van der Waals surface area contributed by atoms with Gasteiger partial charge in [0.1, 0.15) is 24.1 Å². The van der Waals surface area contributed by atoms with Gasteiger partial charge in [-0.05, 0) is 6.92 Å². The summed E-state index contributed by atoms with van der Waals surface area (Å²) in [5.41, 5.74) is 0. The average Bonchev–Trinajstić information content (AvgIpc) is 2.22. The molecule has 1 heterocycles. The number of alkyl halides is 3. The summed E-state index contributed by atoms with van der Waals surface area (Å²) in [6.07, 6.45) is -4.31. The molecule has 17 heavy (non-hydrogen) atoms. The summed E-state index contributed by atoms with van der Waals surface area (Å²) in [6, 6.07) is 1.22. The van der Waals surface area contributed by atoms with Crippen LogP contribution in [0.3, 0.4) is 0 Å². The Balaban J connectivity index is 2.68. The van der Waals surface area contributed by atoms with E-state index in [2.05, 4.69) is 15.3 Å². The van der Waals surface area contributed by atoms with E-state index in [1.54, 1.807) is 6.92 Å². The summed E-state index contributed by atoms with van der Waals surface area (Å²) in [7, 11) is 0. The molecule has 0 bridgehead atoms. The van der Waals surface area contributed by atoms with Crippen LogP contribution in [-0.2, 0) is 11.3 Å². The Kier molecular flexibility index (Phi) is 4.95. The Bertz CT molecular complexity index is 373. The van der Waals surface area contributed by atoms with E-state index in [0.717, 1.165) is 0 Å². The lowest BCUT2D eigenvalue weighted by molar-refractivity contribution is -0.115. The van der Waals surface area contributed by atoms with Crippen LogP contribution in [0.15, 0.2) is 6.07 Å². The zero-order valence-electron chi connectivity index (χ0n) is 9.01. The van der Waals surface area contributed by atoms with Crippen LogP contribution in [-0.4, -0.2) is 29.3 Å². The van der Waals surface area contributed by atoms with Gasteiger partial charge in [0.2, 0.25) is 0 Å². The first-order valence-electron chi connectivity index (χ1n) is 4.82. The third-order valence-corrected chi connectivity index (χ3v) is 1.84. The second-order valence-corrected chi connectivity index (χ2v) is 3.49. The number of anilines is 1. The molecule has 0 fully saturated rings. The Labute approximate surface area is 101 Å². The highest BCUT2D eigenvalue weighted by atomic mass is 35.5. The normalized spacial score (nSPS) is 11.6. The predicted molar refractivity (Wildman–Crippen MR) is 56.9 cm³/mol. The van der Waals surface area contributed by atoms with Crippen LogP contribution in [0.25, 0.3) is 0 Å². The van der Waals surface area contributed by atoms with E-state index < -0.39 is 12.7 Å².